The first-order valence-electron chi connectivity index (χ1n) is 8.41. The van der Waals surface area contributed by atoms with E-state index in [-0.39, 0.29) is 23.5 Å². The average Bonchev–Trinajstić information content (AvgIpc) is 2.94. The maximum Gasteiger partial charge on any atom is 0.358 e. The minimum absolute atomic E-state index is 0.0892. The Bertz CT molecular complexity index is 1030. The number of pyridine rings is 1. The van der Waals surface area contributed by atoms with Crippen molar-refractivity contribution in [1.29, 1.82) is 0 Å². The molecular formula is C20H18FN3O4. The number of nitrogen functional groups attached to an aromatic ring is 1. The van der Waals surface area contributed by atoms with Gasteiger partial charge in [-0.1, -0.05) is 24.0 Å². The Hall–Kier alpha value is -3.44. The molecule has 0 aliphatic carbocycles. The van der Waals surface area contributed by atoms with Gasteiger partial charge in [0.1, 0.15) is 5.69 Å². The third-order valence-corrected chi connectivity index (χ3v) is 4.44. The van der Waals surface area contributed by atoms with Crippen LogP contribution in [0.15, 0.2) is 30.3 Å². The molecule has 1 aliphatic heterocycles. The highest BCUT2D eigenvalue weighted by molar-refractivity contribution is 5.93. The number of halogens is 1. The van der Waals surface area contributed by atoms with Crippen molar-refractivity contribution in [2.45, 2.75) is 12.0 Å². The SMILES string of the molecule is COC(=O)c1nc(-c2cccc(C#CC3(O)CCN(C)C3=O)c2)c(F)cc1N. The van der Waals surface area contributed by atoms with Gasteiger partial charge in [0, 0.05) is 37.2 Å². The zero-order valence-corrected chi connectivity index (χ0v) is 15.3. The van der Waals surface area contributed by atoms with E-state index in [1.165, 1.54) is 12.0 Å². The van der Waals surface area contributed by atoms with Crippen LogP contribution in [-0.4, -0.2) is 53.2 Å². The number of hydrogen-bond donors (Lipinski definition) is 2. The summed E-state index contributed by atoms with van der Waals surface area (Å²) < 4.78 is 19.0. The largest absolute Gasteiger partial charge is 0.464 e. The Morgan fingerprint density at radius 2 is 2.18 bits per heavy atom. The fraction of sp³-hybridized carbons (Fsp3) is 0.250. The van der Waals surface area contributed by atoms with Crippen LogP contribution in [0.2, 0.25) is 0 Å². The molecule has 2 heterocycles. The van der Waals surface area contributed by atoms with E-state index in [0.29, 0.717) is 17.7 Å². The predicted octanol–water partition coefficient (Wildman–Crippen LogP) is 1.20. The van der Waals surface area contributed by atoms with Crippen LogP contribution >= 0.6 is 0 Å². The number of methoxy groups -OCH3 is 1. The molecule has 0 spiro atoms. The Morgan fingerprint density at radius 1 is 1.43 bits per heavy atom. The molecule has 144 valence electrons. The highest BCUT2D eigenvalue weighted by atomic mass is 19.1. The molecule has 0 radical (unpaired) electrons. The van der Waals surface area contributed by atoms with E-state index in [4.69, 9.17) is 5.73 Å². The monoisotopic (exact) mass is 383 g/mol. The molecule has 1 aromatic carbocycles. The lowest BCUT2D eigenvalue weighted by Gasteiger charge is -2.13. The molecule has 3 rings (SSSR count). The van der Waals surface area contributed by atoms with Crippen LogP contribution in [0.25, 0.3) is 11.3 Å². The molecular weight excluding hydrogens is 365 g/mol. The van der Waals surface area contributed by atoms with Crippen molar-refractivity contribution in [3.63, 3.8) is 0 Å². The fourth-order valence-corrected chi connectivity index (χ4v) is 2.86. The summed E-state index contributed by atoms with van der Waals surface area (Å²) in [7, 11) is 2.77. The first-order valence-corrected chi connectivity index (χ1v) is 8.41. The fourth-order valence-electron chi connectivity index (χ4n) is 2.86. The number of carbonyl (C=O) groups excluding carboxylic acids is 2. The van der Waals surface area contributed by atoms with Crippen LogP contribution in [0.4, 0.5) is 10.1 Å². The van der Waals surface area contributed by atoms with Gasteiger partial charge in [0.2, 0.25) is 5.60 Å². The lowest BCUT2D eigenvalue weighted by atomic mass is 10.0. The molecule has 28 heavy (non-hydrogen) atoms. The molecule has 3 N–H and O–H groups in total. The van der Waals surface area contributed by atoms with Gasteiger partial charge < -0.3 is 20.5 Å². The van der Waals surface area contributed by atoms with E-state index in [1.54, 1.807) is 31.3 Å². The second kappa shape index (κ2) is 7.29. The number of benzene rings is 1. The minimum atomic E-state index is -1.73. The van der Waals surface area contributed by atoms with E-state index >= 15 is 0 Å². The van der Waals surface area contributed by atoms with Crippen molar-refractivity contribution in [1.82, 2.24) is 9.88 Å². The van der Waals surface area contributed by atoms with E-state index in [1.807, 2.05) is 0 Å². The highest BCUT2D eigenvalue weighted by Crippen LogP contribution is 2.26. The number of carbonyl (C=O) groups is 2. The first-order chi connectivity index (χ1) is 13.2. The average molecular weight is 383 g/mol. The van der Waals surface area contributed by atoms with Crippen molar-refractivity contribution < 1.29 is 23.8 Å². The zero-order valence-electron chi connectivity index (χ0n) is 15.3. The molecule has 1 aliphatic rings. The molecule has 8 heteroatoms. The number of likely N-dealkylation sites (N-methyl/N-ethyl adjacent to an activating group) is 1. The van der Waals surface area contributed by atoms with Crippen LogP contribution in [0, 0.1) is 17.7 Å². The normalized spacial score (nSPS) is 18.6. The molecule has 7 nitrogen and oxygen atoms in total. The number of rotatable bonds is 2. The quantitative estimate of drug-likeness (QED) is 0.596. The van der Waals surface area contributed by atoms with Crippen LogP contribution < -0.4 is 5.73 Å². The molecule has 1 saturated heterocycles. The van der Waals surface area contributed by atoms with Crippen LogP contribution in [0.5, 0.6) is 0 Å². The van der Waals surface area contributed by atoms with Crippen molar-refractivity contribution in [3.05, 3.63) is 47.4 Å². The molecule has 2 aromatic rings. The highest BCUT2D eigenvalue weighted by Gasteiger charge is 2.42. The lowest BCUT2D eigenvalue weighted by Crippen LogP contribution is -2.37. The summed E-state index contributed by atoms with van der Waals surface area (Å²) in [6.45, 7) is 0.418. The third kappa shape index (κ3) is 3.52. The van der Waals surface area contributed by atoms with E-state index in [9.17, 15) is 19.1 Å². The van der Waals surface area contributed by atoms with Gasteiger partial charge in [-0.2, -0.15) is 0 Å². The molecule has 1 aromatic heterocycles. The number of amides is 1. The number of nitrogens with zero attached hydrogens (tertiary/aromatic N) is 2. The molecule has 1 amide bonds. The Balaban J connectivity index is 1.99. The summed E-state index contributed by atoms with van der Waals surface area (Å²) >= 11 is 0. The molecule has 1 fully saturated rings. The summed E-state index contributed by atoms with van der Waals surface area (Å²) in [5.74, 6) is 3.42. The number of aliphatic hydroxyl groups is 1. The Kier molecular flexibility index (Phi) is 5.03. The van der Waals surface area contributed by atoms with Crippen molar-refractivity contribution in [2.24, 2.45) is 0 Å². The van der Waals surface area contributed by atoms with Gasteiger partial charge in [-0.15, -0.1) is 0 Å². The third-order valence-electron chi connectivity index (χ3n) is 4.44. The summed E-state index contributed by atoms with van der Waals surface area (Å²) in [5, 5.41) is 10.4. The topological polar surface area (TPSA) is 106 Å². The lowest BCUT2D eigenvalue weighted by molar-refractivity contribution is -0.137. The number of esters is 1. The zero-order chi connectivity index (χ0) is 20.5. The van der Waals surface area contributed by atoms with E-state index < -0.39 is 23.3 Å². The van der Waals surface area contributed by atoms with Crippen LogP contribution in [-0.2, 0) is 9.53 Å². The van der Waals surface area contributed by atoms with E-state index in [2.05, 4.69) is 21.6 Å². The van der Waals surface area contributed by atoms with Crippen molar-refractivity contribution in [2.75, 3.05) is 26.4 Å². The van der Waals surface area contributed by atoms with Crippen molar-refractivity contribution in [3.8, 4) is 23.1 Å². The second-order valence-corrected chi connectivity index (χ2v) is 6.42. The molecule has 1 unspecified atom stereocenters. The summed E-state index contributed by atoms with van der Waals surface area (Å²) in [5.41, 5.74) is 4.31. The maximum absolute atomic E-state index is 14.4. The predicted molar refractivity (Wildman–Crippen MR) is 99.5 cm³/mol. The van der Waals surface area contributed by atoms with E-state index in [0.717, 1.165) is 6.07 Å². The number of aromatic nitrogens is 1. The number of ether oxygens (including phenoxy) is 1. The maximum atomic E-state index is 14.4. The number of likely N-dealkylation sites (tertiary alicyclic amines) is 1. The smallest absolute Gasteiger partial charge is 0.358 e. The van der Waals surface area contributed by atoms with Crippen LogP contribution in [0.3, 0.4) is 0 Å². The number of nitrogens with two attached hydrogens (primary N) is 1. The molecule has 1 atom stereocenters. The summed E-state index contributed by atoms with van der Waals surface area (Å²) in [6, 6.07) is 7.42. The van der Waals surface area contributed by atoms with Crippen LogP contribution in [0.1, 0.15) is 22.5 Å². The van der Waals surface area contributed by atoms with Gasteiger partial charge in [-0.3, -0.25) is 4.79 Å². The Morgan fingerprint density at radius 3 is 2.82 bits per heavy atom. The van der Waals surface area contributed by atoms with Gasteiger partial charge in [0.15, 0.2) is 11.5 Å². The minimum Gasteiger partial charge on any atom is -0.464 e. The van der Waals surface area contributed by atoms with Gasteiger partial charge in [0.05, 0.1) is 12.8 Å². The summed E-state index contributed by atoms with van der Waals surface area (Å²) in [4.78, 5) is 29.2. The number of hydrogen-bond acceptors (Lipinski definition) is 6. The summed E-state index contributed by atoms with van der Waals surface area (Å²) in [6.07, 6.45) is 0.214. The number of anilines is 1. The van der Waals surface area contributed by atoms with Gasteiger partial charge in [-0.25, -0.2) is 14.2 Å². The first kappa shape index (κ1) is 19.3. The molecule has 0 bridgehead atoms. The Labute approximate surface area is 160 Å². The standard InChI is InChI=1S/C20H18FN3O4/c1-24-9-8-20(27,19(24)26)7-6-12-4-3-5-13(10-12)16-14(21)11-15(22)17(23-16)18(25)28-2/h3-5,10-11,27H,8-9,22H2,1-2H3. The van der Waals surface area contributed by atoms with Gasteiger partial charge in [0.25, 0.3) is 5.91 Å². The second-order valence-electron chi connectivity index (χ2n) is 6.42. The van der Waals surface area contributed by atoms with Crippen molar-refractivity contribution >= 4 is 17.6 Å². The van der Waals surface area contributed by atoms with Gasteiger partial charge >= 0.3 is 5.97 Å². The van der Waals surface area contributed by atoms with Gasteiger partial charge in [-0.05, 0) is 12.1 Å². The molecule has 0 saturated carbocycles.